The highest BCUT2D eigenvalue weighted by molar-refractivity contribution is 7.88. The van der Waals surface area contributed by atoms with Crippen molar-refractivity contribution in [2.75, 3.05) is 31.1 Å². The Kier molecular flexibility index (Phi) is 5.52. The molecule has 0 spiro atoms. The summed E-state index contributed by atoms with van der Waals surface area (Å²) >= 11 is 0. The molecule has 4 rings (SSSR count). The van der Waals surface area contributed by atoms with Gasteiger partial charge in [0, 0.05) is 37.9 Å². The molecule has 0 atom stereocenters. The molecular weight excluding hydrogens is 407 g/mol. The van der Waals surface area contributed by atoms with Gasteiger partial charge in [-0.1, -0.05) is 12.1 Å². The van der Waals surface area contributed by atoms with Crippen molar-refractivity contribution in [2.45, 2.75) is 19.6 Å². The molecule has 8 nitrogen and oxygen atoms in total. The molecule has 3 aromatic rings. The molecule has 1 aromatic carbocycles. The zero-order chi connectivity index (χ0) is 21.3. The van der Waals surface area contributed by atoms with Crippen molar-refractivity contribution < 1.29 is 12.8 Å². The lowest BCUT2D eigenvalue weighted by Gasteiger charge is -2.34. The van der Waals surface area contributed by atoms with Gasteiger partial charge in [0.25, 0.3) is 0 Å². The molecule has 30 heavy (non-hydrogen) atoms. The Bertz CT molecular complexity index is 1140. The summed E-state index contributed by atoms with van der Waals surface area (Å²) in [4.78, 5) is 15.1. The van der Waals surface area contributed by atoms with Crippen LogP contribution in [0.1, 0.15) is 17.0 Å². The number of piperazine rings is 1. The molecule has 10 heteroatoms. The summed E-state index contributed by atoms with van der Waals surface area (Å²) in [7, 11) is -3.47. The number of benzene rings is 1. The van der Waals surface area contributed by atoms with Crippen LogP contribution < -0.4 is 4.90 Å². The van der Waals surface area contributed by atoms with Crippen molar-refractivity contribution in [1.82, 2.24) is 23.8 Å². The number of halogens is 1. The molecule has 1 saturated heterocycles. The maximum absolute atomic E-state index is 13.1. The molecule has 0 N–H and O–H groups in total. The lowest BCUT2D eigenvalue weighted by Crippen LogP contribution is -2.49. The minimum Gasteiger partial charge on any atom is -0.354 e. The molecular formula is C20H23FN6O2S. The van der Waals surface area contributed by atoms with Gasteiger partial charge >= 0.3 is 0 Å². The molecule has 0 bridgehead atoms. The van der Waals surface area contributed by atoms with E-state index in [1.54, 1.807) is 6.33 Å². The Morgan fingerprint density at radius 3 is 2.27 bits per heavy atom. The number of aryl methyl sites for hydroxylation is 1. The van der Waals surface area contributed by atoms with Gasteiger partial charge < -0.3 is 4.90 Å². The Hall–Kier alpha value is -2.85. The second-order valence-electron chi connectivity index (χ2n) is 7.29. The van der Waals surface area contributed by atoms with Gasteiger partial charge in [0.05, 0.1) is 11.4 Å². The van der Waals surface area contributed by atoms with Crippen molar-refractivity contribution >= 4 is 15.8 Å². The van der Waals surface area contributed by atoms with Crippen LogP contribution in [-0.2, 0) is 15.8 Å². The Balaban J connectivity index is 1.44. The number of hydrogen-bond donors (Lipinski definition) is 0. The predicted molar refractivity (Wildman–Crippen MR) is 111 cm³/mol. The van der Waals surface area contributed by atoms with E-state index in [0.717, 1.165) is 23.0 Å². The molecule has 0 saturated carbocycles. The normalized spacial score (nSPS) is 15.5. The average Bonchev–Trinajstić information content (AvgIpc) is 3.08. The first kappa shape index (κ1) is 20.4. The summed E-state index contributed by atoms with van der Waals surface area (Å²) in [6, 6.07) is 7.45. The standard InChI is InChI=1S/C20H23FN6O2S/c1-15-16(2)27(14-24-15)20-11-19(22-13-23-20)25-7-9-26(10-8-25)30(28,29)12-17-3-5-18(21)6-4-17/h3-6,11,13-14H,7-10,12H2,1-2H3. The van der Waals surface area contributed by atoms with E-state index < -0.39 is 10.0 Å². The van der Waals surface area contributed by atoms with E-state index in [0.29, 0.717) is 31.7 Å². The van der Waals surface area contributed by atoms with E-state index in [2.05, 4.69) is 15.0 Å². The molecule has 0 amide bonds. The fourth-order valence-electron chi connectivity index (χ4n) is 3.45. The van der Waals surface area contributed by atoms with Gasteiger partial charge in [-0.05, 0) is 31.5 Å². The van der Waals surface area contributed by atoms with Gasteiger partial charge in [-0.2, -0.15) is 4.31 Å². The number of sulfonamides is 1. The van der Waals surface area contributed by atoms with Gasteiger partial charge in [-0.3, -0.25) is 4.57 Å². The third-order valence-corrected chi connectivity index (χ3v) is 7.21. The van der Waals surface area contributed by atoms with E-state index in [9.17, 15) is 12.8 Å². The van der Waals surface area contributed by atoms with Crippen LogP contribution in [0.4, 0.5) is 10.2 Å². The first-order valence-electron chi connectivity index (χ1n) is 9.64. The second-order valence-corrected chi connectivity index (χ2v) is 9.26. The SMILES string of the molecule is Cc1ncn(-c2cc(N3CCN(S(=O)(=O)Cc4ccc(F)cc4)CC3)ncn2)c1C. The topological polar surface area (TPSA) is 84.2 Å². The van der Waals surface area contributed by atoms with Crippen LogP contribution in [0.15, 0.2) is 43.0 Å². The van der Waals surface area contributed by atoms with Gasteiger partial charge in [0.2, 0.25) is 10.0 Å². The molecule has 3 heterocycles. The quantitative estimate of drug-likeness (QED) is 0.616. The second kappa shape index (κ2) is 8.11. The zero-order valence-electron chi connectivity index (χ0n) is 16.9. The Morgan fingerprint density at radius 2 is 1.63 bits per heavy atom. The smallest absolute Gasteiger partial charge is 0.218 e. The summed E-state index contributed by atoms with van der Waals surface area (Å²) in [6.45, 7) is 5.72. The van der Waals surface area contributed by atoms with E-state index in [4.69, 9.17) is 0 Å². The van der Waals surface area contributed by atoms with Crippen molar-refractivity contribution in [3.05, 3.63) is 65.8 Å². The highest BCUT2D eigenvalue weighted by Crippen LogP contribution is 2.20. The highest BCUT2D eigenvalue weighted by Gasteiger charge is 2.28. The van der Waals surface area contributed by atoms with Crippen molar-refractivity contribution in [1.29, 1.82) is 0 Å². The molecule has 0 radical (unpaired) electrons. The Labute approximate surface area is 175 Å². The number of aromatic nitrogens is 4. The maximum Gasteiger partial charge on any atom is 0.218 e. The van der Waals surface area contributed by atoms with Crippen LogP contribution in [0.2, 0.25) is 0 Å². The average molecular weight is 431 g/mol. The monoisotopic (exact) mass is 430 g/mol. The van der Waals surface area contributed by atoms with Gasteiger partial charge in [0.1, 0.15) is 30.1 Å². The maximum atomic E-state index is 13.1. The molecule has 1 fully saturated rings. The van der Waals surface area contributed by atoms with Crippen LogP contribution >= 0.6 is 0 Å². The number of hydrogen-bond acceptors (Lipinski definition) is 6. The number of rotatable bonds is 5. The van der Waals surface area contributed by atoms with Crippen LogP contribution in [0.5, 0.6) is 0 Å². The number of nitrogens with zero attached hydrogens (tertiary/aromatic N) is 6. The fourth-order valence-corrected chi connectivity index (χ4v) is 4.97. The van der Waals surface area contributed by atoms with Gasteiger partial charge in [-0.15, -0.1) is 0 Å². The summed E-state index contributed by atoms with van der Waals surface area (Å²) in [5.41, 5.74) is 2.52. The predicted octanol–water partition coefficient (Wildman–Crippen LogP) is 2.07. The summed E-state index contributed by atoms with van der Waals surface area (Å²) < 4.78 is 41.9. The summed E-state index contributed by atoms with van der Waals surface area (Å²) in [5.74, 6) is 0.963. The lowest BCUT2D eigenvalue weighted by atomic mass is 10.2. The zero-order valence-corrected chi connectivity index (χ0v) is 17.7. The van der Waals surface area contributed by atoms with Crippen molar-refractivity contribution in [3.8, 4) is 5.82 Å². The van der Waals surface area contributed by atoms with Crippen LogP contribution in [0, 0.1) is 19.7 Å². The third kappa shape index (κ3) is 4.19. The molecule has 1 aliphatic heterocycles. The van der Waals surface area contributed by atoms with Crippen molar-refractivity contribution in [2.24, 2.45) is 0 Å². The third-order valence-electron chi connectivity index (χ3n) is 5.36. The van der Waals surface area contributed by atoms with Gasteiger partial charge in [-0.25, -0.2) is 27.8 Å². The number of anilines is 1. The largest absolute Gasteiger partial charge is 0.354 e. The van der Waals surface area contributed by atoms with Crippen LogP contribution in [0.3, 0.4) is 0 Å². The number of imidazole rings is 1. The van der Waals surface area contributed by atoms with Gasteiger partial charge in [0.15, 0.2) is 0 Å². The molecule has 1 aliphatic rings. The first-order chi connectivity index (χ1) is 14.3. The van der Waals surface area contributed by atoms with Crippen molar-refractivity contribution in [3.63, 3.8) is 0 Å². The first-order valence-corrected chi connectivity index (χ1v) is 11.2. The van der Waals surface area contributed by atoms with E-state index in [1.165, 1.54) is 34.9 Å². The molecule has 158 valence electrons. The summed E-state index contributed by atoms with van der Waals surface area (Å²) in [6.07, 6.45) is 3.24. The minimum absolute atomic E-state index is 0.135. The molecule has 0 aliphatic carbocycles. The highest BCUT2D eigenvalue weighted by atomic mass is 32.2. The van der Waals surface area contributed by atoms with E-state index in [1.807, 2.05) is 29.4 Å². The summed E-state index contributed by atoms with van der Waals surface area (Å²) in [5, 5.41) is 0. The fraction of sp³-hybridized carbons (Fsp3) is 0.350. The lowest BCUT2D eigenvalue weighted by molar-refractivity contribution is 0.383. The molecule has 0 unspecified atom stereocenters. The minimum atomic E-state index is -3.47. The van der Waals surface area contributed by atoms with Crippen LogP contribution in [-0.4, -0.2) is 58.4 Å². The van der Waals surface area contributed by atoms with E-state index in [-0.39, 0.29) is 11.6 Å². The Morgan fingerprint density at radius 1 is 0.967 bits per heavy atom. The van der Waals surface area contributed by atoms with E-state index >= 15 is 0 Å². The van der Waals surface area contributed by atoms with Crippen LogP contribution in [0.25, 0.3) is 5.82 Å². The molecule has 2 aromatic heterocycles.